The van der Waals surface area contributed by atoms with E-state index in [4.69, 9.17) is 4.74 Å². The third kappa shape index (κ3) is 4.06. The summed E-state index contributed by atoms with van der Waals surface area (Å²) >= 11 is 0. The van der Waals surface area contributed by atoms with E-state index in [1.165, 1.54) is 16.8 Å². The average molecular weight is 434 g/mol. The molecule has 5 rings (SSSR count). The smallest absolute Gasteiger partial charge is 0.262 e. The highest BCUT2D eigenvalue weighted by molar-refractivity contribution is 7.89. The number of hydrogen-bond acceptors (Lipinski definition) is 6. The van der Waals surface area contributed by atoms with Gasteiger partial charge in [0, 0.05) is 31.9 Å². The largest absolute Gasteiger partial charge is 0.475 e. The molecule has 0 radical (unpaired) electrons. The third-order valence-electron chi connectivity index (χ3n) is 5.68. The highest BCUT2D eigenvalue weighted by atomic mass is 32.2. The van der Waals surface area contributed by atoms with Crippen molar-refractivity contribution in [3.63, 3.8) is 0 Å². The Morgan fingerprint density at radius 1 is 1.27 bits per heavy atom. The number of aromatic nitrogens is 3. The number of nitrogens with one attached hydrogen (secondary N) is 1. The van der Waals surface area contributed by atoms with Crippen LogP contribution in [0.3, 0.4) is 0 Å². The Balaban J connectivity index is 1.50. The van der Waals surface area contributed by atoms with E-state index in [0.29, 0.717) is 31.0 Å². The van der Waals surface area contributed by atoms with Gasteiger partial charge in [0.1, 0.15) is 0 Å². The summed E-state index contributed by atoms with van der Waals surface area (Å²) in [6.45, 7) is 4.27. The molecule has 0 spiro atoms. The Hall–Kier alpha value is -2.46. The third-order valence-corrected chi connectivity index (χ3v) is 7.46. The van der Waals surface area contributed by atoms with Gasteiger partial charge >= 0.3 is 0 Å². The van der Waals surface area contributed by atoms with Crippen LogP contribution in [0, 0.1) is 11.8 Å². The Labute approximate surface area is 176 Å². The Morgan fingerprint density at radius 2 is 2.07 bits per heavy atom. The molecule has 3 unspecified atom stereocenters. The summed E-state index contributed by atoms with van der Waals surface area (Å²) in [5.41, 5.74) is 0.566. The first-order valence-electron chi connectivity index (χ1n) is 10.2. The summed E-state index contributed by atoms with van der Waals surface area (Å²) in [5, 5.41) is 2.92. The van der Waals surface area contributed by atoms with Crippen molar-refractivity contribution in [3.05, 3.63) is 30.9 Å². The van der Waals surface area contributed by atoms with E-state index in [9.17, 15) is 13.2 Å². The lowest BCUT2D eigenvalue weighted by Gasteiger charge is -2.47. The number of fused-ring (bicyclic) bond motifs is 3. The molecule has 3 atom stereocenters. The minimum atomic E-state index is -3.74. The van der Waals surface area contributed by atoms with Crippen LogP contribution in [0.5, 0.6) is 5.88 Å². The van der Waals surface area contributed by atoms with Crippen LogP contribution in [0.25, 0.3) is 0 Å². The Kier molecular flexibility index (Phi) is 5.54. The Morgan fingerprint density at radius 3 is 2.67 bits per heavy atom. The topological polar surface area (TPSA) is 106 Å². The number of rotatable bonds is 6. The van der Waals surface area contributed by atoms with Gasteiger partial charge in [-0.25, -0.2) is 18.4 Å². The first-order valence-corrected chi connectivity index (χ1v) is 11.6. The fourth-order valence-electron chi connectivity index (χ4n) is 4.34. The minimum absolute atomic E-state index is 0.0165. The van der Waals surface area contributed by atoms with E-state index in [0.717, 1.165) is 6.42 Å². The molecule has 1 amide bonds. The number of pyridine rings is 1. The molecule has 162 valence electrons. The number of sulfonamides is 1. The van der Waals surface area contributed by atoms with Crippen LogP contribution in [-0.4, -0.2) is 51.9 Å². The van der Waals surface area contributed by atoms with E-state index in [1.54, 1.807) is 29.9 Å². The first-order chi connectivity index (χ1) is 14.2. The average Bonchev–Trinajstić information content (AvgIpc) is 3.16. The van der Waals surface area contributed by atoms with Gasteiger partial charge < -0.3 is 14.6 Å². The number of anilines is 1. The van der Waals surface area contributed by atoms with Crippen molar-refractivity contribution in [3.8, 4) is 5.88 Å². The maximum Gasteiger partial charge on any atom is 0.262 e. The maximum absolute atomic E-state index is 13.1. The molecular weight excluding hydrogens is 406 g/mol. The molecule has 2 aliphatic heterocycles. The van der Waals surface area contributed by atoms with Gasteiger partial charge in [-0.3, -0.25) is 4.79 Å². The molecule has 1 N–H and O–H groups in total. The van der Waals surface area contributed by atoms with Crippen LogP contribution in [0.4, 0.5) is 5.69 Å². The lowest BCUT2D eigenvalue weighted by atomic mass is 9.73. The monoisotopic (exact) mass is 433 g/mol. The second-order valence-corrected chi connectivity index (χ2v) is 10.2. The molecule has 0 aromatic carbocycles. The van der Waals surface area contributed by atoms with Gasteiger partial charge in [0.25, 0.3) is 10.0 Å². The van der Waals surface area contributed by atoms with E-state index in [-0.39, 0.29) is 29.0 Å². The first kappa shape index (κ1) is 20.8. The van der Waals surface area contributed by atoms with Crippen molar-refractivity contribution in [2.75, 3.05) is 11.9 Å². The molecular formula is C20H27N5O4S. The second-order valence-electron chi connectivity index (χ2n) is 8.35. The molecule has 9 nitrogen and oxygen atoms in total. The summed E-state index contributed by atoms with van der Waals surface area (Å²) < 4.78 is 34.9. The number of aryl methyl sites for hydroxylation is 1. The number of hydrogen-bond donors (Lipinski definition) is 1. The zero-order chi connectivity index (χ0) is 21.5. The van der Waals surface area contributed by atoms with E-state index < -0.39 is 15.9 Å². The predicted octanol–water partition coefficient (Wildman–Crippen LogP) is 2.03. The van der Waals surface area contributed by atoms with E-state index in [2.05, 4.69) is 15.3 Å². The van der Waals surface area contributed by atoms with Gasteiger partial charge in [0.05, 0.1) is 30.2 Å². The Bertz CT molecular complexity index is 1020. The quantitative estimate of drug-likeness (QED) is 0.747. The van der Waals surface area contributed by atoms with Crippen LogP contribution >= 0.6 is 0 Å². The van der Waals surface area contributed by atoms with Crippen LogP contribution < -0.4 is 10.1 Å². The summed E-state index contributed by atoms with van der Waals surface area (Å²) in [7, 11) is -2.00. The number of carbonyl (C=O) groups is 1. The summed E-state index contributed by atoms with van der Waals surface area (Å²) in [5.74, 6) is 0.0871. The molecule has 2 bridgehead atoms. The number of carbonyl (C=O) groups excluding carboxylic acids is 1. The normalized spacial score (nSPS) is 24.2. The predicted molar refractivity (Wildman–Crippen MR) is 110 cm³/mol. The molecule has 3 fully saturated rings. The van der Waals surface area contributed by atoms with Crippen molar-refractivity contribution < 1.29 is 17.9 Å². The van der Waals surface area contributed by atoms with Crippen molar-refractivity contribution in [1.29, 1.82) is 0 Å². The standard InChI is InChI=1S/C20H27N5O4S/c1-13(2)29-18-7-5-15(9-21-18)23-20(26)16-8-14-4-6-17(16)25(10-14)30(27,28)19-11-24(3)12-22-19/h5,7,9,11-14,16-17H,4,6,8,10H2,1-3H3,(H,23,26). The lowest BCUT2D eigenvalue weighted by Crippen LogP contribution is -2.57. The number of ether oxygens (including phenoxy) is 1. The van der Waals surface area contributed by atoms with Crippen LogP contribution in [0.2, 0.25) is 0 Å². The summed E-state index contributed by atoms with van der Waals surface area (Å²) in [4.78, 5) is 21.3. The van der Waals surface area contributed by atoms with Crippen molar-refractivity contribution in [2.45, 2.75) is 50.3 Å². The summed E-state index contributed by atoms with van der Waals surface area (Å²) in [6, 6.07) is 3.09. The van der Waals surface area contributed by atoms with Gasteiger partial charge in [-0.1, -0.05) is 0 Å². The molecule has 2 aromatic rings. The second kappa shape index (κ2) is 7.99. The molecule has 10 heteroatoms. The van der Waals surface area contributed by atoms with Gasteiger partial charge in [0.2, 0.25) is 11.8 Å². The zero-order valence-corrected chi connectivity index (χ0v) is 18.2. The molecule has 2 aromatic heterocycles. The van der Waals surface area contributed by atoms with Crippen molar-refractivity contribution in [2.24, 2.45) is 18.9 Å². The fourth-order valence-corrected chi connectivity index (χ4v) is 6.08. The number of imidazole rings is 1. The zero-order valence-electron chi connectivity index (χ0n) is 17.4. The summed E-state index contributed by atoms with van der Waals surface area (Å²) in [6.07, 6.45) is 6.84. The lowest BCUT2D eigenvalue weighted by molar-refractivity contribution is -0.125. The molecule has 3 aliphatic rings. The van der Waals surface area contributed by atoms with Crippen LogP contribution in [0.1, 0.15) is 33.1 Å². The van der Waals surface area contributed by atoms with Crippen molar-refractivity contribution >= 4 is 21.6 Å². The van der Waals surface area contributed by atoms with Gasteiger partial charge in [-0.05, 0) is 45.1 Å². The minimum Gasteiger partial charge on any atom is -0.475 e. The highest BCUT2D eigenvalue weighted by Crippen LogP contribution is 2.42. The van der Waals surface area contributed by atoms with Gasteiger partial charge in [0.15, 0.2) is 5.03 Å². The maximum atomic E-state index is 13.1. The fraction of sp³-hybridized carbons (Fsp3) is 0.550. The molecule has 2 saturated heterocycles. The molecule has 4 heterocycles. The van der Waals surface area contributed by atoms with E-state index in [1.807, 2.05) is 13.8 Å². The number of amides is 1. The SMILES string of the molecule is CC(C)Oc1ccc(NC(=O)C2CC3CCC2N(S(=O)(=O)c2cn(C)cn2)C3)cn1. The highest BCUT2D eigenvalue weighted by Gasteiger charge is 2.49. The van der Waals surface area contributed by atoms with Gasteiger partial charge in [-0.2, -0.15) is 4.31 Å². The van der Waals surface area contributed by atoms with Crippen LogP contribution in [-0.2, 0) is 21.9 Å². The molecule has 1 saturated carbocycles. The van der Waals surface area contributed by atoms with Crippen molar-refractivity contribution in [1.82, 2.24) is 18.8 Å². The molecule has 30 heavy (non-hydrogen) atoms. The van der Waals surface area contributed by atoms with E-state index >= 15 is 0 Å². The number of piperidine rings is 2. The number of nitrogens with zero attached hydrogens (tertiary/aromatic N) is 4. The van der Waals surface area contributed by atoms with Gasteiger partial charge in [-0.15, -0.1) is 0 Å². The molecule has 1 aliphatic carbocycles. The van der Waals surface area contributed by atoms with Crippen LogP contribution in [0.15, 0.2) is 35.9 Å².